The van der Waals surface area contributed by atoms with E-state index in [4.69, 9.17) is 0 Å². The first-order chi connectivity index (χ1) is 5.72. The summed E-state index contributed by atoms with van der Waals surface area (Å²) in [5, 5.41) is 0. The molecule has 70 valence electrons. The van der Waals surface area contributed by atoms with Gasteiger partial charge in [0.05, 0.1) is 0 Å². The zero-order valence-corrected chi connectivity index (χ0v) is 7.85. The maximum Gasteiger partial charge on any atom is 0.123 e. The van der Waals surface area contributed by atoms with Crippen LogP contribution in [0, 0.1) is 5.92 Å². The number of alkyl halides is 1. The molecule has 0 spiro atoms. The Morgan fingerprint density at radius 3 is 2.75 bits per heavy atom. The number of rotatable bonds is 3. The molecule has 0 aromatic heterocycles. The molecule has 0 aromatic rings. The van der Waals surface area contributed by atoms with Crippen LogP contribution < -0.4 is 0 Å². The lowest BCUT2D eigenvalue weighted by molar-refractivity contribution is 0.197. The Morgan fingerprint density at radius 1 is 1.50 bits per heavy atom. The van der Waals surface area contributed by atoms with Crippen LogP contribution in [-0.4, -0.2) is 30.2 Å². The van der Waals surface area contributed by atoms with Crippen LogP contribution in [0.2, 0.25) is 0 Å². The van der Waals surface area contributed by atoms with Crippen LogP contribution in [0.25, 0.3) is 0 Å². The number of hydrogen-bond donors (Lipinski definition) is 0. The predicted octanol–water partition coefficient (Wildman–Crippen LogP) is 2.22. The van der Waals surface area contributed by atoms with Gasteiger partial charge in [0.2, 0.25) is 0 Å². The SMILES string of the molecule is CCC1CCN(CC2(F)CC2)C1. The lowest BCUT2D eigenvalue weighted by atomic mass is 10.1. The van der Waals surface area contributed by atoms with Crippen molar-refractivity contribution in [3.63, 3.8) is 0 Å². The fourth-order valence-corrected chi connectivity index (χ4v) is 2.08. The third-order valence-electron chi connectivity index (χ3n) is 3.25. The van der Waals surface area contributed by atoms with E-state index >= 15 is 0 Å². The number of likely N-dealkylation sites (tertiary alicyclic amines) is 1. The van der Waals surface area contributed by atoms with E-state index in [2.05, 4.69) is 11.8 Å². The topological polar surface area (TPSA) is 3.24 Å². The van der Waals surface area contributed by atoms with Crippen LogP contribution in [0.3, 0.4) is 0 Å². The van der Waals surface area contributed by atoms with Gasteiger partial charge < -0.3 is 0 Å². The van der Waals surface area contributed by atoms with Crippen molar-refractivity contribution in [1.29, 1.82) is 0 Å². The number of nitrogens with zero attached hydrogens (tertiary/aromatic N) is 1. The second-order valence-corrected chi connectivity index (χ2v) is 4.45. The minimum atomic E-state index is -0.775. The summed E-state index contributed by atoms with van der Waals surface area (Å²) in [4.78, 5) is 2.31. The molecule has 1 aliphatic heterocycles. The molecule has 0 N–H and O–H groups in total. The Kier molecular flexibility index (Phi) is 2.11. The maximum atomic E-state index is 13.3. The molecule has 0 aromatic carbocycles. The van der Waals surface area contributed by atoms with Gasteiger partial charge in [0.1, 0.15) is 5.67 Å². The van der Waals surface area contributed by atoms with E-state index in [0.717, 1.165) is 31.8 Å². The fourth-order valence-electron chi connectivity index (χ4n) is 2.08. The molecule has 1 atom stereocenters. The molecule has 1 heterocycles. The van der Waals surface area contributed by atoms with E-state index in [1.165, 1.54) is 12.8 Å². The van der Waals surface area contributed by atoms with Crippen LogP contribution in [0.5, 0.6) is 0 Å². The van der Waals surface area contributed by atoms with Crippen LogP contribution in [0.15, 0.2) is 0 Å². The van der Waals surface area contributed by atoms with Crippen molar-refractivity contribution in [3.8, 4) is 0 Å². The summed E-state index contributed by atoms with van der Waals surface area (Å²) in [5.74, 6) is 0.840. The molecule has 2 aliphatic rings. The van der Waals surface area contributed by atoms with Crippen molar-refractivity contribution < 1.29 is 4.39 Å². The van der Waals surface area contributed by atoms with Gasteiger partial charge in [-0.25, -0.2) is 4.39 Å². The molecule has 0 amide bonds. The number of halogens is 1. The first-order valence-corrected chi connectivity index (χ1v) is 5.13. The third kappa shape index (κ3) is 1.79. The summed E-state index contributed by atoms with van der Waals surface area (Å²) in [5.41, 5.74) is -0.775. The van der Waals surface area contributed by atoms with E-state index in [0.29, 0.717) is 6.54 Å². The number of hydrogen-bond acceptors (Lipinski definition) is 1. The third-order valence-corrected chi connectivity index (χ3v) is 3.25. The van der Waals surface area contributed by atoms with Gasteiger partial charge in [0.25, 0.3) is 0 Å². The molecule has 1 saturated heterocycles. The van der Waals surface area contributed by atoms with Crippen molar-refractivity contribution in [2.24, 2.45) is 5.92 Å². The van der Waals surface area contributed by atoms with Crippen molar-refractivity contribution in [2.75, 3.05) is 19.6 Å². The van der Waals surface area contributed by atoms with Crippen molar-refractivity contribution in [1.82, 2.24) is 4.90 Å². The molecule has 0 radical (unpaired) electrons. The van der Waals surface area contributed by atoms with E-state index < -0.39 is 5.67 Å². The molecule has 2 rings (SSSR count). The molecule has 1 unspecified atom stereocenters. The maximum absolute atomic E-state index is 13.3. The second kappa shape index (κ2) is 2.99. The average molecular weight is 171 g/mol. The van der Waals surface area contributed by atoms with Gasteiger partial charge in [-0.2, -0.15) is 0 Å². The summed E-state index contributed by atoms with van der Waals surface area (Å²) in [6.45, 7) is 5.21. The minimum Gasteiger partial charge on any atom is -0.300 e. The molecule has 2 fully saturated rings. The molecule has 1 saturated carbocycles. The standard InChI is InChI=1S/C10H18FN/c1-2-9-3-6-12(7-9)8-10(11)4-5-10/h9H,2-8H2,1H3. The van der Waals surface area contributed by atoms with E-state index in [1.807, 2.05) is 0 Å². The molecular weight excluding hydrogens is 153 g/mol. The molecule has 1 nitrogen and oxygen atoms in total. The Hall–Kier alpha value is -0.110. The van der Waals surface area contributed by atoms with Gasteiger partial charge in [-0.1, -0.05) is 13.3 Å². The first-order valence-electron chi connectivity index (χ1n) is 5.13. The van der Waals surface area contributed by atoms with Gasteiger partial charge in [0.15, 0.2) is 0 Å². The summed E-state index contributed by atoms with van der Waals surface area (Å²) in [6, 6.07) is 0. The van der Waals surface area contributed by atoms with Crippen LogP contribution in [0.4, 0.5) is 4.39 Å². The Balaban J connectivity index is 1.76. The Bertz CT molecular complexity index is 165. The lowest BCUT2D eigenvalue weighted by Crippen LogP contribution is -2.29. The van der Waals surface area contributed by atoms with Crippen molar-refractivity contribution >= 4 is 0 Å². The van der Waals surface area contributed by atoms with Gasteiger partial charge in [0, 0.05) is 13.1 Å². The van der Waals surface area contributed by atoms with Gasteiger partial charge in [-0.3, -0.25) is 4.90 Å². The van der Waals surface area contributed by atoms with Crippen LogP contribution in [-0.2, 0) is 0 Å². The van der Waals surface area contributed by atoms with Crippen molar-refractivity contribution in [3.05, 3.63) is 0 Å². The largest absolute Gasteiger partial charge is 0.300 e. The average Bonchev–Trinajstić information content (AvgIpc) is 2.63. The van der Waals surface area contributed by atoms with Crippen LogP contribution in [0.1, 0.15) is 32.6 Å². The molecular formula is C10H18FN. The summed E-state index contributed by atoms with van der Waals surface area (Å²) < 4.78 is 13.3. The Labute approximate surface area is 73.9 Å². The van der Waals surface area contributed by atoms with Crippen LogP contribution >= 0.6 is 0 Å². The fraction of sp³-hybridized carbons (Fsp3) is 1.00. The van der Waals surface area contributed by atoms with Gasteiger partial charge in [-0.05, 0) is 31.7 Å². The molecule has 12 heavy (non-hydrogen) atoms. The normalized spacial score (nSPS) is 34.0. The zero-order valence-electron chi connectivity index (χ0n) is 7.85. The van der Waals surface area contributed by atoms with E-state index in [-0.39, 0.29) is 0 Å². The first kappa shape index (κ1) is 8.49. The Morgan fingerprint density at radius 2 is 2.25 bits per heavy atom. The van der Waals surface area contributed by atoms with Crippen molar-refractivity contribution in [2.45, 2.75) is 38.3 Å². The summed E-state index contributed by atoms with van der Waals surface area (Å²) in [6.07, 6.45) is 4.16. The molecule has 2 heteroatoms. The quantitative estimate of drug-likeness (QED) is 0.629. The highest BCUT2D eigenvalue weighted by Gasteiger charge is 2.45. The van der Waals surface area contributed by atoms with Gasteiger partial charge in [-0.15, -0.1) is 0 Å². The highest BCUT2D eigenvalue weighted by molar-refractivity contribution is 4.97. The predicted molar refractivity (Wildman–Crippen MR) is 47.9 cm³/mol. The van der Waals surface area contributed by atoms with E-state index in [9.17, 15) is 4.39 Å². The monoisotopic (exact) mass is 171 g/mol. The van der Waals surface area contributed by atoms with E-state index in [1.54, 1.807) is 0 Å². The smallest absolute Gasteiger partial charge is 0.123 e. The minimum absolute atomic E-state index is 0.712. The summed E-state index contributed by atoms with van der Waals surface area (Å²) in [7, 11) is 0. The summed E-state index contributed by atoms with van der Waals surface area (Å²) >= 11 is 0. The molecule has 0 bridgehead atoms. The van der Waals surface area contributed by atoms with Gasteiger partial charge >= 0.3 is 0 Å². The zero-order chi connectivity index (χ0) is 8.60. The lowest BCUT2D eigenvalue weighted by Gasteiger charge is -2.17. The highest BCUT2D eigenvalue weighted by Crippen LogP contribution is 2.41. The second-order valence-electron chi connectivity index (χ2n) is 4.45. The highest BCUT2D eigenvalue weighted by atomic mass is 19.1. The molecule has 1 aliphatic carbocycles.